The maximum absolute atomic E-state index is 11.3. The minimum atomic E-state index is -0.908. The predicted octanol–water partition coefficient (Wildman–Crippen LogP) is 8.91. The first kappa shape index (κ1) is 53.4. The summed E-state index contributed by atoms with van der Waals surface area (Å²) >= 11 is 0. The molecule has 1 fully saturated rings. The number of fused-ring (bicyclic) bond motifs is 1. The Balaban J connectivity index is 0.000000605. The minimum absolute atomic E-state index is 0.185. The van der Waals surface area contributed by atoms with E-state index >= 15 is 0 Å². The van der Waals surface area contributed by atoms with Gasteiger partial charge in [-0.3, -0.25) is 0 Å². The predicted molar refractivity (Wildman–Crippen MR) is 245 cm³/mol. The SMILES string of the molecule is C#CC.CC.CC(C)=CCO/C1=c2\cco\c2=C\COC(=O)/C=C\C1.CCCC(O/C=C\C/C(OC/C=C(\C)CCC1CC1(C)C)=c1/cco/c1=C/CC(C)O)C(C)(C)O. The molecule has 0 amide bonds. The van der Waals surface area contributed by atoms with E-state index in [0.29, 0.717) is 48.7 Å². The fraction of sp³-hybridized carbons (Fsp3) is 0.549. The zero-order valence-corrected chi connectivity index (χ0v) is 38.8. The van der Waals surface area contributed by atoms with Gasteiger partial charge in [-0.2, -0.15) is 0 Å². The molecule has 1 aliphatic carbocycles. The molecule has 2 aromatic rings. The average Bonchev–Trinajstić information content (AvgIpc) is 3.51. The highest BCUT2D eigenvalue weighted by Crippen LogP contribution is 2.54. The monoisotopic (exact) mass is 833 g/mol. The van der Waals surface area contributed by atoms with Crippen LogP contribution in [0, 0.1) is 23.7 Å². The Hall–Kier alpha value is -4.65. The van der Waals surface area contributed by atoms with Gasteiger partial charge in [0.15, 0.2) is 0 Å². The van der Waals surface area contributed by atoms with Gasteiger partial charge < -0.3 is 38.0 Å². The molecule has 0 saturated heterocycles. The molecule has 0 radical (unpaired) electrons. The van der Waals surface area contributed by atoms with E-state index in [9.17, 15) is 15.0 Å². The summed E-state index contributed by atoms with van der Waals surface area (Å²) in [5.41, 5.74) is 3.53. The van der Waals surface area contributed by atoms with Crippen molar-refractivity contribution in [2.45, 2.75) is 152 Å². The molecular weight excluding hydrogens is 757 g/mol. The van der Waals surface area contributed by atoms with Crippen molar-refractivity contribution in [2.75, 3.05) is 19.8 Å². The van der Waals surface area contributed by atoms with Crippen LogP contribution < -0.4 is 21.3 Å². The number of hydrogen-bond donors (Lipinski definition) is 2. The lowest BCUT2D eigenvalue weighted by molar-refractivity contribution is -0.136. The zero-order valence-electron chi connectivity index (χ0n) is 38.8. The number of ether oxygens (including phenoxy) is 4. The lowest BCUT2D eigenvalue weighted by atomic mass is 9.98. The molecule has 0 aromatic carbocycles. The van der Waals surface area contributed by atoms with Crippen molar-refractivity contribution >= 4 is 29.6 Å². The van der Waals surface area contributed by atoms with Gasteiger partial charge >= 0.3 is 5.97 Å². The van der Waals surface area contributed by atoms with Crippen molar-refractivity contribution in [3.05, 3.63) is 93.7 Å². The Kier molecular flexibility index (Phi) is 25.6. The number of esters is 1. The largest absolute Gasteiger partial charge is 0.495 e. The number of terminal acetylenes is 1. The number of carbonyl (C=O) groups is 1. The summed E-state index contributed by atoms with van der Waals surface area (Å²) in [7, 11) is 0. The Labute approximate surface area is 360 Å². The fourth-order valence-corrected chi connectivity index (χ4v) is 6.02. The van der Waals surface area contributed by atoms with Crippen LogP contribution in [-0.2, 0) is 23.7 Å². The molecule has 334 valence electrons. The smallest absolute Gasteiger partial charge is 0.330 e. The molecule has 2 N–H and O–H groups in total. The third kappa shape index (κ3) is 21.6. The van der Waals surface area contributed by atoms with Crippen molar-refractivity contribution in [1.29, 1.82) is 0 Å². The van der Waals surface area contributed by atoms with E-state index in [0.717, 1.165) is 47.1 Å². The molecular formula is C51H76O9. The molecule has 60 heavy (non-hydrogen) atoms. The molecule has 3 heterocycles. The third-order valence-corrected chi connectivity index (χ3v) is 9.71. The van der Waals surface area contributed by atoms with E-state index in [4.69, 9.17) is 27.8 Å². The first-order valence-corrected chi connectivity index (χ1v) is 21.5. The van der Waals surface area contributed by atoms with E-state index in [1.165, 1.54) is 30.1 Å². The first-order chi connectivity index (χ1) is 28.5. The maximum Gasteiger partial charge on any atom is 0.330 e. The summed E-state index contributed by atoms with van der Waals surface area (Å²) in [5, 5.41) is 21.8. The van der Waals surface area contributed by atoms with Gasteiger partial charge in [-0.05, 0) is 134 Å². The normalized spacial score (nSPS) is 19.6. The summed E-state index contributed by atoms with van der Waals surface area (Å²) in [4.78, 5) is 11.3. The average molecular weight is 833 g/mol. The number of hydrogen-bond acceptors (Lipinski definition) is 9. The van der Waals surface area contributed by atoms with Gasteiger partial charge in [0.25, 0.3) is 0 Å². The summed E-state index contributed by atoms with van der Waals surface area (Å²) in [6.07, 6.45) is 28.7. The van der Waals surface area contributed by atoms with Gasteiger partial charge in [-0.15, -0.1) is 12.3 Å². The fourth-order valence-electron chi connectivity index (χ4n) is 6.02. The van der Waals surface area contributed by atoms with Gasteiger partial charge in [0.05, 0.1) is 40.9 Å². The Morgan fingerprint density at radius 3 is 2.42 bits per heavy atom. The topological polar surface area (TPSA) is 121 Å². The van der Waals surface area contributed by atoms with Crippen LogP contribution in [0.4, 0.5) is 0 Å². The molecule has 9 nitrogen and oxygen atoms in total. The molecule has 1 aliphatic heterocycles. The van der Waals surface area contributed by atoms with Crippen LogP contribution in [0.2, 0.25) is 0 Å². The second-order valence-electron chi connectivity index (χ2n) is 16.3. The van der Waals surface area contributed by atoms with Crippen molar-refractivity contribution in [3.63, 3.8) is 0 Å². The van der Waals surface area contributed by atoms with Gasteiger partial charge in [0.1, 0.15) is 48.3 Å². The molecule has 1 saturated carbocycles. The van der Waals surface area contributed by atoms with Crippen molar-refractivity contribution in [3.8, 4) is 12.3 Å². The molecule has 4 rings (SSSR count). The standard InChI is InChI=1S/C30H48O5.C16H18O4.C3H4.C2H6/c1-8-10-28(30(6,7)32)35-18-9-11-26(25-17-20-34-27(25)15-13-23(3)31)33-19-16-22(2)12-14-24-21-29(24,4)5;1-12(2)6-9-18-14-4-3-5-16(17)20-11-8-15-13(14)7-10-19-15;1-3-2;1-2/h9,15-18,20,23-24,28,31-32H,8,10-14,19,21H2,1-7H3;3,5-8,10H,4,9,11H2,1-2H3;1H,2H3;1-2H3/b18-9-,22-16+,26-25+,27-15+;5-3-,14-13+,15-8+;;. The minimum Gasteiger partial charge on any atom is -0.495 e. The number of rotatable bonds is 18. The number of cyclic esters (lactones) is 1. The first-order valence-electron chi connectivity index (χ1n) is 21.5. The molecule has 9 heteroatoms. The zero-order chi connectivity index (χ0) is 45.1. The van der Waals surface area contributed by atoms with Gasteiger partial charge in [-0.1, -0.05) is 58.3 Å². The van der Waals surface area contributed by atoms with E-state index < -0.39 is 11.7 Å². The van der Waals surface area contributed by atoms with Crippen LogP contribution in [0.3, 0.4) is 0 Å². The van der Waals surface area contributed by atoms with Crippen LogP contribution in [0.25, 0.3) is 23.7 Å². The van der Waals surface area contributed by atoms with Crippen molar-refractivity contribution < 1.29 is 42.8 Å². The van der Waals surface area contributed by atoms with Crippen LogP contribution in [-0.4, -0.2) is 53.8 Å². The van der Waals surface area contributed by atoms with E-state index in [1.54, 1.807) is 58.6 Å². The summed E-state index contributed by atoms with van der Waals surface area (Å²) < 4.78 is 34.0. The highest BCUT2D eigenvalue weighted by Gasteiger charge is 2.44. The van der Waals surface area contributed by atoms with E-state index in [-0.39, 0.29) is 18.7 Å². The van der Waals surface area contributed by atoms with E-state index in [1.807, 2.05) is 58.1 Å². The van der Waals surface area contributed by atoms with Crippen LogP contribution in [0.5, 0.6) is 0 Å². The summed E-state index contributed by atoms with van der Waals surface area (Å²) in [5.74, 6) is 4.31. The second-order valence-corrected chi connectivity index (χ2v) is 16.3. The lowest BCUT2D eigenvalue weighted by Gasteiger charge is -2.28. The van der Waals surface area contributed by atoms with Crippen LogP contribution in [0.1, 0.15) is 134 Å². The second kappa shape index (κ2) is 28.8. The number of allylic oxidation sites excluding steroid dienone is 2. The molecule has 3 unspecified atom stereocenters. The quantitative estimate of drug-likeness (QED) is 0.0657. The van der Waals surface area contributed by atoms with Crippen LogP contribution in [0.15, 0.2) is 81.3 Å². The Bertz CT molecular complexity index is 1950. The number of aliphatic hydroxyl groups is 2. The van der Waals surface area contributed by atoms with Gasteiger partial charge in [0.2, 0.25) is 0 Å². The van der Waals surface area contributed by atoms with Crippen molar-refractivity contribution in [1.82, 2.24) is 0 Å². The summed E-state index contributed by atoms with van der Waals surface area (Å²) in [6, 6.07) is 3.77. The number of carbonyl (C=O) groups excluding carboxylic acids is 1. The molecule has 0 bridgehead atoms. The lowest BCUT2D eigenvalue weighted by Crippen LogP contribution is -2.37. The van der Waals surface area contributed by atoms with Gasteiger partial charge in [0, 0.05) is 18.9 Å². The molecule has 3 atom stereocenters. The third-order valence-electron chi connectivity index (χ3n) is 9.71. The summed E-state index contributed by atoms with van der Waals surface area (Å²) in [6.45, 7) is 25.1. The maximum atomic E-state index is 11.3. The molecule has 0 spiro atoms. The molecule has 2 aliphatic rings. The van der Waals surface area contributed by atoms with Crippen LogP contribution >= 0.6 is 0 Å². The highest BCUT2D eigenvalue weighted by molar-refractivity contribution is 5.82. The Morgan fingerprint density at radius 1 is 1.12 bits per heavy atom. The number of furan rings is 2. The van der Waals surface area contributed by atoms with E-state index in [2.05, 4.69) is 46.1 Å². The Morgan fingerprint density at radius 2 is 1.80 bits per heavy atom. The van der Waals surface area contributed by atoms with Gasteiger partial charge in [-0.25, -0.2) is 4.79 Å². The highest BCUT2D eigenvalue weighted by atomic mass is 16.5. The number of aliphatic hydroxyl groups excluding tert-OH is 1. The van der Waals surface area contributed by atoms with Crippen molar-refractivity contribution in [2.24, 2.45) is 11.3 Å². The molecule has 2 aromatic heterocycles.